The predicted octanol–water partition coefficient (Wildman–Crippen LogP) is 2.21. The fourth-order valence-electron chi connectivity index (χ4n) is 2.18. The molecule has 1 aromatic rings. The van der Waals surface area contributed by atoms with Gasteiger partial charge in [-0.25, -0.2) is 9.97 Å². The number of nitrogens with one attached hydrogen (secondary N) is 1. The van der Waals surface area contributed by atoms with Gasteiger partial charge in [-0.3, -0.25) is 0 Å². The van der Waals surface area contributed by atoms with Gasteiger partial charge in [-0.2, -0.15) is 0 Å². The summed E-state index contributed by atoms with van der Waals surface area (Å²) in [6.45, 7) is 10.7. The molecule has 1 aromatic heterocycles. The Morgan fingerprint density at radius 2 is 1.83 bits per heavy atom. The summed E-state index contributed by atoms with van der Waals surface area (Å²) in [5, 5.41) is 3.28. The average Bonchev–Trinajstić information content (AvgIpc) is 2.37. The Morgan fingerprint density at radius 1 is 1.22 bits per heavy atom. The Balaban J connectivity index is 1.94. The van der Waals surface area contributed by atoms with Crippen LogP contribution in [0.3, 0.4) is 0 Å². The van der Waals surface area contributed by atoms with Gasteiger partial charge in [0.2, 0.25) is 5.95 Å². The fraction of sp³-hybridized carbons (Fsp3) is 0.714. The molecule has 1 fully saturated rings. The zero-order valence-corrected chi connectivity index (χ0v) is 11.7. The van der Waals surface area contributed by atoms with Gasteiger partial charge in [0.05, 0.1) is 0 Å². The second kappa shape index (κ2) is 5.65. The van der Waals surface area contributed by atoms with Gasteiger partial charge in [0.1, 0.15) is 0 Å². The second-order valence-electron chi connectivity index (χ2n) is 5.82. The number of aromatic nitrogens is 2. The van der Waals surface area contributed by atoms with Crippen molar-refractivity contribution in [3.63, 3.8) is 0 Å². The quantitative estimate of drug-likeness (QED) is 0.887. The molecule has 4 nitrogen and oxygen atoms in total. The first kappa shape index (κ1) is 13.3. The highest BCUT2D eigenvalue weighted by Crippen LogP contribution is 2.30. The molecule has 2 rings (SSSR count). The molecule has 0 radical (unpaired) electrons. The van der Waals surface area contributed by atoms with Crippen molar-refractivity contribution in [2.45, 2.75) is 40.2 Å². The molecular formula is C14H24N4. The molecule has 0 aromatic carbocycles. The number of hydrogen-bond acceptors (Lipinski definition) is 4. The van der Waals surface area contributed by atoms with Crippen LogP contribution in [-0.4, -0.2) is 29.6 Å². The van der Waals surface area contributed by atoms with Crippen molar-refractivity contribution >= 4 is 5.95 Å². The summed E-state index contributed by atoms with van der Waals surface area (Å²) >= 11 is 0. The SMILES string of the molecule is CCNCc1cnc(N2CCC(C)(C)CC2)nc1. The van der Waals surface area contributed by atoms with Gasteiger partial charge in [-0.05, 0) is 24.8 Å². The van der Waals surface area contributed by atoms with E-state index in [4.69, 9.17) is 0 Å². The van der Waals surface area contributed by atoms with E-state index in [0.29, 0.717) is 5.41 Å². The van der Waals surface area contributed by atoms with E-state index in [1.54, 1.807) is 0 Å². The molecule has 1 N–H and O–H groups in total. The van der Waals surface area contributed by atoms with Gasteiger partial charge in [0, 0.05) is 37.6 Å². The third-order valence-electron chi connectivity index (χ3n) is 3.67. The average molecular weight is 248 g/mol. The van der Waals surface area contributed by atoms with Crippen LogP contribution in [0, 0.1) is 5.41 Å². The van der Waals surface area contributed by atoms with E-state index < -0.39 is 0 Å². The summed E-state index contributed by atoms with van der Waals surface area (Å²) in [5.41, 5.74) is 1.62. The van der Waals surface area contributed by atoms with E-state index in [1.807, 2.05) is 12.4 Å². The first-order chi connectivity index (χ1) is 8.61. The van der Waals surface area contributed by atoms with Crippen molar-refractivity contribution in [3.05, 3.63) is 18.0 Å². The predicted molar refractivity (Wildman–Crippen MR) is 74.6 cm³/mol. The first-order valence-corrected chi connectivity index (χ1v) is 6.87. The van der Waals surface area contributed by atoms with Gasteiger partial charge in [-0.15, -0.1) is 0 Å². The Kier molecular flexibility index (Phi) is 4.17. The molecule has 0 bridgehead atoms. The normalized spacial score (nSPS) is 18.9. The standard InChI is InChI=1S/C14H24N4/c1-4-15-9-12-10-16-13(17-11-12)18-7-5-14(2,3)6-8-18/h10-11,15H,4-9H2,1-3H3. The van der Waals surface area contributed by atoms with Gasteiger partial charge in [0.25, 0.3) is 0 Å². The maximum absolute atomic E-state index is 4.48. The molecule has 0 amide bonds. The van der Waals surface area contributed by atoms with Crippen LogP contribution in [0.1, 0.15) is 39.2 Å². The molecule has 0 saturated carbocycles. The first-order valence-electron chi connectivity index (χ1n) is 6.87. The van der Waals surface area contributed by atoms with Crippen LogP contribution >= 0.6 is 0 Å². The molecule has 1 aliphatic heterocycles. The Bertz CT molecular complexity index is 362. The third-order valence-corrected chi connectivity index (χ3v) is 3.67. The van der Waals surface area contributed by atoms with E-state index in [0.717, 1.165) is 37.7 Å². The number of hydrogen-bond donors (Lipinski definition) is 1. The van der Waals surface area contributed by atoms with E-state index in [9.17, 15) is 0 Å². The van der Waals surface area contributed by atoms with E-state index in [-0.39, 0.29) is 0 Å². The highest BCUT2D eigenvalue weighted by molar-refractivity contribution is 5.30. The minimum Gasteiger partial charge on any atom is -0.341 e. The fourth-order valence-corrected chi connectivity index (χ4v) is 2.18. The topological polar surface area (TPSA) is 41.1 Å². The molecule has 1 saturated heterocycles. The van der Waals surface area contributed by atoms with Crippen LogP contribution in [0.15, 0.2) is 12.4 Å². The number of rotatable bonds is 4. The molecule has 0 atom stereocenters. The molecule has 100 valence electrons. The van der Waals surface area contributed by atoms with Crippen LogP contribution in [0.5, 0.6) is 0 Å². The van der Waals surface area contributed by atoms with Crippen LogP contribution in [0.4, 0.5) is 5.95 Å². The summed E-state index contributed by atoms with van der Waals surface area (Å²) in [5.74, 6) is 0.880. The third kappa shape index (κ3) is 3.42. The number of anilines is 1. The molecule has 1 aliphatic rings. The molecule has 0 aliphatic carbocycles. The molecule has 0 unspecified atom stereocenters. The van der Waals surface area contributed by atoms with Gasteiger partial charge >= 0.3 is 0 Å². The Morgan fingerprint density at radius 3 is 2.39 bits per heavy atom. The Hall–Kier alpha value is -1.16. The minimum atomic E-state index is 0.474. The number of nitrogens with zero attached hydrogens (tertiary/aromatic N) is 3. The lowest BCUT2D eigenvalue weighted by atomic mass is 9.83. The summed E-state index contributed by atoms with van der Waals surface area (Å²) in [6.07, 6.45) is 6.31. The summed E-state index contributed by atoms with van der Waals surface area (Å²) in [4.78, 5) is 11.2. The zero-order valence-electron chi connectivity index (χ0n) is 11.7. The van der Waals surface area contributed by atoms with Crippen molar-refractivity contribution in [2.24, 2.45) is 5.41 Å². The molecule has 18 heavy (non-hydrogen) atoms. The lowest BCUT2D eigenvalue weighted by molar-refractivity contribution is 0.278. The van der Waals surface area contributed by atoms with Crippen molar-refractivity contribution in [2.75, 3.05) is 24.5 Å². The highest BCUT2D eigenvalue weighted by Gasteiger charge is 2.26. The maximum Gasteiger partial charge on any atom is 0.225 e. The van der Waals surface area contributed by atoms with Crippen molar-refractivity contribution in [1.29, 1.82) is 0 Å². The Labute approximate surface area is 110 Å². The van der Waals surface area contributed by atoms with Crippen LogP contribution in [0.2, 0.25) is 0 Å². The molecular weight excluding hydrogens is 224 g/mol. The highest BCUT2D eigenvalue weighted by atomic mass is 15.2. The molecule has 0 spiro atoms. The summed E-state index contributed by atoms with van der Waals surface area (Å²) in [6, 6.07) is 0. The van der Waals surface area contributed by atoms with Gasteiger partial charge in [0.15, 0.2) is 0 Å². The monoisotopic (exact) mass is 248 g/mol. The zero-order chi connectivity index (χ0) is 13.0. The van der Waals surface area contributed by atoms with E-state index in [1.165, 1.54) is 12.8 Å². The van der Waals surface area contributed by atoms with Crippen LogP contribution in [0.25, 0.3) is 0 Å². The number of piperidine rings is 1. The summed E-state index contributed by atoms with van der Waals surface area (Å²) < 4.78 is 0. The van der Waals surface area contributed by atoms with Gasteiger partial charge < -0.3 is 10.2 Å². The summed E-state index contributed by atoms with van der Waals surface area (Å²) in [7, 11) is 0. The van der Waals surface area contributed by atoms with Crippen molar-refractivity contribution < 1.29 is 0 Å². The van der Waals surface area contributed by atoms with Crippen LogP contribution in [-0.2, 0) is 6.54 Å². The van der Waals surface area contributed by atoms with Crippen LogP contribution < -0.4 is 10.2 Å². The lowest BCUT2D eigenvalue weighted by Gasteiger charge is -2.36. The van der Waals surface area contributed by atoms with Gasteiger partial charge in [-0.1, -0.05) is 20.8 Å². The van der Waals surface area contributed by atoms with Crippen molar-refractivity contribution in [3.8, 4) is 0 Å². The molecule has 4 heteroatoms. The van der Waals surface area contributed by atoms with E-state index in [2.05, 4.69) is 41.0 Å². The largest absolute Gasteiger partial charge is 0.341 e. The molecule has 2 heterocycles. The minimum absolute atomic E-state index is 0.474. The maximum atomic E-state index is 4.48. The van der Waals surface area contributed by atoms with E-state index >= 15 is 0 Å². The smallest absolute Gasteiger partial charge is 0.225 e. The second-order valence-corrected chi connectivity index (χ2v) is 5.82. The van der Waals surface area contributed by atoms with Crippen molar-refractivity contribution in [1.82, 2.24) is 15.3 Å². The lowest BCUT2D eigenvalue weighted by Crippen LogP contribution is -2.38.